The van der Waals surface area contributed by atoms with Gasteiger partial charge >= 0.3 is 23.9 Å². The number of Topliss-reactive ketones (excluding diaryl/α,β-unsaturated/α-hetero) is 2. The van der Waals surface area contributed by atoms with Crippen LogP contribution in [0.3, 0.4) is 0 Å². The molecule has 0 unspecified atom stereocenters. The third kappa shape index (κ3) is 3.86. The third-order valence-electron chi connectivity index (χ3n) is 3.07. The summed E-state index contributed by atoms with van der Waals surface area (Å²) in [6, 6.07) is 1.95. The smallest absolute Gasteiger partial charge is 0.294 e. The van der Waals surface area contributed by atoms with E-state index in [-0.39, 0.29) is 4.47 Å². The Morgan fingerprint density at radius 1 is 0.846 bits per heavy atom. The van der Waals surface area contributed by atoms with Gasteiger partial charge < -0.3 is 0 Å². The molecule has 0 amide bonds. The van der Waals surface area contributed by atoms with Crippen molar-refractivity contribution in [1.29, 1.82) is 0 Å². The zero-order valence-electron chi connectivity index (χ0n) is 11.9. The van der Waals surface area contributed by atoms with E-state index in [9.17, 15) is 53.5 Å². The van der Waals surface area contributed by atoms with Gasteiger partial charge in [-0.2, -0.15) is 35.1 Å². The van der Waals surface area contributed by atoms with Crippen LogP contribution in [0.2, 0.25) is 0 Å². The molecule has 0 bridgehead atoms. The molecule has 0 fully saturated rings. The fourth-order valence-corrected chi connectivity index (χ4v) is 2.25. The number of benzene rings is 1. The Bertz CT molecular complexity index is 688. The van der Waals surface area contributed by atoms with E-state index >= 15 is 0 Å². The monoisotopic (exact) mass is 462 g/mol. The van der Waals surface area contributed by atoms with Crippen LogP contribution in [-0.4, -0.2) is 35.5 Å². The second kappa shape index (κ2) is 6.82. The van der Waals surface area contributed by atoms with Crippen molar-refractivity contribution in [2.45, 2.75) is 30.4 Å². The van der Waals surface area contributed by atoms with E-state index in [1.807, 2.05) is 0 Å². The topological polar surface area (TPSA) is 34.1 Å². The Morgan fingerprint density at radius 3 is 1.69 bits per heavy atom. The zero-order chi connectivity index (χ0) is 20.7. The van der Waals surface area contributed by atoms with Gasteiger partial charge in [0.15, 0.2) is 5.78 Å². The quantitative estimate of drug-likeness (QED) is 0.342. The second-order valence-corrected chi connectivity index (χ2v) is 5.83. The standard InChI is InChI=1S/C13H5BrF10O2/c14-6-1-5(2-7(15)3-6)8(25)4-9(26)10(16,17)11(18,12(19,20)21)13(22,23)24/h1-3H,4H2. The number of hydrogen-bond acceptors (Lipinski definition) is 2. The summed E-state index contributed by atoms with van der Waals surface area (Å²) >= 11 is 2.69. The highest BCUT2D eigenvalue weighted by Crippen LogP contribution is 2.55. The van der Waals surface area contributed by atoms with E-state index in [0.717, 1.165) is 12.1 Å². The maximum Gasteiger partial charge on any atom is 0.438 e. The summed E-state index contributed by atoms with van der Waals surface area (Å²) in [6.07, 6.45) is -16.6. The maximum atomic E-state index is 13.5. The lowest BCUT2D eigenvalue weighted by Gasteiger charge is -2.35. The van der Waals surface area contributed by atoms with Crippen LogP contribution in [0.4, 0.5) is 43.9 Å². The summed E-state index contributed by atoms with van der Waals surface area (Å²) in [6.45, 7) is 0. The fraction of sp³-hybridized carbons (Fsp3) is 0.385. The number of hydrogen-bond donors (Lipinski definition) is 0. The maximum absolute atomic E-state index is 13.5. The first kappa shape index (κ1) is 22.4. The number of carbonyl (C=O) groups is 2. The first-order chi connectivity index (χ1) is 11.4. The van der Waals surface area contributed by atoms with Crippen molar-refractivity contribution in [3.05, 3.63) is 34.1 Å². The van der Waals surface area contributed by atoms with Crippen LogP contribution < -0.4 is 0 Å². The summed E-state index contributed by atoms with van der Waals surface area (Å²) in [5.74, 6) is -12.8. The lowest BCUT2D eigenvalue weighted by Crippen LogP contribution is -2.67. The molecule has 0 aromatic heterocycles. The lowest BCUT2D eigenvalue weighted by molar-refractivity contribution is -0.387. The molecule has 0 saturated carbocycles. The van der Waals surface area contributed by atoms with Crippen LogP contribution >= 0.6 is 15.9 Å². The van der Waals surface area contributed by atoms with Gasteiger partial charge in [0.1, 0.15) is 5.82 Å². The fourth-order valence-electron chi connectivity index (χ4n) is 1.78. The van der Waals surface area contributed by atoms with E-state index in [1.165, 1.54) is 0 Å². The average Bonchev–Trinajstić information content (AvgIpc) is 2.42. The van der Waals surface area contributed by atoms with Gasteiger partial charge in [0.2, 0.25) is 5.78 Å². The molecular formula is C13H5BrF10O2. The van der Waals surface area contributed by atoms with Crippen molar-refractivity contribution in [1.82, 2.24) is 0 Å². The van der Waals surface area contributed by atoms with E-state index in [2.05, 4.69) is 15.9 Å². The minimum absolute atomic E-state index is 0.134. The molecule has 1 aromatic carbocycles. The third-order valence-corrected chi connectivity index (χ3v) is 3.53. The number of halogens is 11. The Morgan fingerprint density at radius 2 is 1.31 bits per heavy atom. The highest BCUT2D eigenvalue weighted by atomic mass is 79.9. The average molecular weight is 463 g/mol. The van der Waals surface area contributed by atoms with Gasteiger partial charge in [-0.3, -0.25) is 9.59 Å². The molecule has 0 aliphatic rings. The summed E-state index contributed by atoms with van der Waals surface area (Å²) in [4.78, 5) is 22.8. The molecule has 0 aliphatic carbocycles. The molecule has 0 saturated heterocycles. The molecule has 146 valence electrons. The molecule has 26 heavy (non-hydrogen) atoms. The Kier molecular flexibility index (Phi) is 5.87. The van der Waals surface area contributed by atoms with E-state index in [4.69, 9.17) is 0 Å². The molecule has 0 aliphatic heterocycles. The first-order valence-electron chi connectivity index (χ1n) is 6.18. The summed E-state index contributed by atoms with van der Waals surface area (Å²) in [5, 5.41) is 0. The summed E-state index contributed by atoms with van der Waals surface area (Å²) < 4.78 is 127. The number of alkyl halides is 9. The number of rotatable bonds is 5. The van der Waals surface area contributed by atoms with E-state index in [0.29, 0.717) is 6.07 Å². The highest BCUT2D eigenvalue weighted by Gasteiger charge is 2.86. The van der Waals surface area contributed by atoms with Gasteiger partial charge in [-0.25, -0.2) is 8.78 Å². The Hall–Kier alpha value is -1.66. The molecular weight excluding hydrogens is 458 g/mol. The number of ketones is 2. The molecule has 0 heterocycles. The van der Waals surface area contributed by atoms with Crippen molar-refractivity contribution < 1.29 is 53.5 Å². The van der Waals surface area contributed by atoms with Gasteiger partial charge in [-0.05, 0) is 18.2 Å². The van der Waals surface area contributed by atoms with Crippen molar-refractivity contribution in [3.63, 3.8) is 0 Å². The first-order valence-corrected chi connectivity index (χ1v) is 6.97. The van der Waals surface area contributed by atoms with Crippen LogP contribution in [-0.2, 0) is 4.79 Å². The van der Waals surface area contributed by atoms with Gasteiger partial charge in [0.05, 0.1) is 6.42 Å². The van der Waals surface area contributed by atoms with Crippen molar-refractivity contribution in [2.24, 2.45) is 0 Å². The SMILES string of the molecule is O=C(CC(=O)C(F)(F)C(F)(C(F)(F)F)C(F)(F)F)c1cc(F)cc(Br)c1. The second-order valence-electron chi connectivity index (χ2n) is 4.91. The zero-order valence-corrected chi connectivity index (χ0v) is 13.5. The van der Waals surface area contributed by atoms with Gasteiger partial charge in [-0.15, -0.1) is 0 Å². The van der Waals surface area contributed by atoms with Crippen molar-refractivity contribution >= 4 is 27.5 Å². The molecule has 0 spiro atoms. The van der Waals surface area contributed by atoms with Crippen molar-refractivity contribution in [3.8, 4) is 0 Å². The van der Waals surface area contributed by atoms with Crippen LogP contribution in [0.25, 0.3) is 0 Å². The van der Waals surface area contributed by atoms with Crippen molar-refractivity contribution in [2.75, 3.05) is 0 Å². The minimum Gasteiger partial charge on any atom is -0.294 e. The van der Waals surface area contributed by atoms with Crippen LogP contribution in [0.1, 0.15) is 16.8 Å². The van der Waals surface area contributed by atoms with Crippen LogP contribution in [0, 0.1) is 5.82 Å². The molecule has 13 heteroatoms. The number of carbonyl (C=O) groups excluding carboxylic acids is 2. The Labute approximate surface area is 146 Å². The molecule has 0 atom stereocenters. The largest absolute Gasteiger partial charge is 0.438 e. The van der Waals surface area contributed by atoms with Gasteiger partial charge in [0, 0.05) is 10.0 Å². The van der Waals surface area contributed by atoms with Crippen LogP contribution in [0.5, 0.6) is 0 Å². The molecule has 1 aromatic rings. The summed E-state index contributed by atoms with van der Waals surface area (Å²) in [5.41, 5.74) is -8.00. The van der Waals surface area contributed by atoms with E-state index < -0.39 is 53.3 Å². The minimum atomic E-state index is -7.20. The van der Waals surface area contributed by atoms with Gasteiger partial charge in [0.25, 0.3) is 0 Å². The predicted octanol–water partition coefficient (Wildman–Crippen LogP) is 5.20. The summed E-state index contributed by atoms with van der Waals surface area (Å²) in [7, 11) is 0. The molecule has 0 N–H and O–H groups in total. The Balaban J connectivity index is 3.26. The lowest BCUT2D eigenvalue weighted by atomic mass is 9.89. The van der Waals surface area contributed by atoms with Gasteiger partial charge in [-0.1, -0.05) is 15.9 Å². The normalized spacial score (nSPS) is 13.7. The molecule has 1 rings (SSSR count). The van der Waals surface area contributed by atoms with Crippen LogP contribution in [0.15, 0.2) is 22.7 Å². The van der Waals surface area contributed by atoms with E-state index in [1.54, 1.807) is 0 Å². The highest BCUT2D eigenvalue weighted by molar-refractivity contribution is 9.10. The molecule has 0 radical (unpaired) electrons. The predicted molar refractivity (Wildman–Crippen MR) is 69.0 cm³/mol. The molecule has 2 nitrogen and oxygen atoms in total.